The van der Waals surface area contributed by atoms with E-state index in [0.29, 0.717) is 11.3 Å². The molecule has 2 bridgehead atoms. The first-order chi connectivity index (χ1) is 14.2. The summed E-state index contributed by atoms with van der Waals surface area (Å²) in [5.41, 5.74) is 1.51. The van der Waals surface area contributed by atoms with Crippen molar-refractivity contribution in [3.05, 3.63) is 53.6 Å². The Labute approximate surface area is 175 Å². The highest BCUT2D eigenvalue weighted by Crippen LogP contribution is 2.52. The van der Waals surface area contributed by atoms with Gasteiger partial charge in [0.2, 0.25) is 0 Å². The van der Waals surface area contributed by atoms with Crippen molar-refractivity contribution in [2.24, 2.45) is 10.8 Å². The van der Waals surface area contributed by atoms with E-state index in [1.54, 1.807) is 24.3 Å². The molecule has 0 N–H and O–H groups in total. The average molecular weight is 404 g/mol. The molecule has 3 aliphatic rings. The summed E-state index contributed by atoms with van der Waals surface area (Å²) >= 11 is 0. The fraction of sp³-hybridized carbons (Fsp3) is 0.435. The van der Waals surface area contributed by atoms with E-state index in [2.05, 4.69) is 30.7 Å². The summed E-state index contributed by atoms with van der Waals surface area (Å²) in [6.07, 6.45) is 5.98. The van der Waals surface area contributed by atoms with Gasteiger partial charge in [0, 0.05) is 30.5 Å². The van der Waals surface area contributed by atoms with Crippen molar-refractivity contribution in [2.75, 3.05) is 11.4 Å². The second-order valence-electron chi connectivity index (χ2n) is 9.89. The zero-order chi connectivity index (χ0) is 21.3. The average Bonchev–Trinajstić information content (AvgIpc) is 3.10. The molecule has 2 aromatic rings. The second-order valence-corrected chi connectivity index (χ2v) is 9.89. The Balaban J connectivity index is 1.38. The molecule has 2 atom stereocenters. The highest BCUT2D eigenvalue weighted by atomic mass is 16.2. The number of nitrogens with zero attached hydrogens (tertiary/aromatic N) is 4. The summed E-state index contributed by atoms with van der Waals surface area (Å²) < 4.78 is 0. The lowest BCUT2D eigenvalue weighted by atomic mass is 9.65. The fourth-order valence-corrected chi connectivity index (χ4v) is 5.81. The third-order valence-corrected chi connectivity index (χ3v) is 6.56. The molecule has 3 heterocycles. The molecule has 154 valence electrons. The number of amides is 3. The molecule has 1 aromatic heterocycles. The Morgan fingerprint density at radius 3 is 2.17 bits per heavy atom. The van der Waals surface area contributed by atoms with E-state index in [9.17, 15) is 14.4 Å². The van der Waals surface area contributed by atoms with Gasteiger partial charge in [-0.05, 0) is 54.4 Å². The van der Waals surface area contributed by atoms with Crippen LogP contribution in [0.25, 0.3) is 0 Å². The lowest BCUT2D eigenvalue weighted by Crippen LogP contribution is -2.37. The number of carbonyl (C=O) groups excluding carboxylic acids is 3. The van der Waals surface area contributed by atoms with Gasteiger partial charge in [0.25, 0.3) is 17.7 Å². The van der Waals surface area contributed by atoms with Gasteiger partial charge in [0.15, 0.2) is 11.4 Å². The molecule has 30 heavy (non-hydrogen) atoms. The zero-order valence-corrected chi connectivity index (χ0v) is 17.4. The van der Waals surface area contributed by atoms with Crippen molar-refractivity contribution >= 4 is 23.4 Å². The summed E-state index contributed by atoms with van der Waals surface area (Å²) in [5.74, 6) is -0.977. The molecule has 5 rings (SSSR count). The number of rotatable bonds is 2. The maximum atomic E-state index is 13.2. The fourth-order valence-electron chi connectivity index (χ4n) is 5.81. The van der Waals surface area contributed by atoms with Gasteiger partial charge >= 0.3 is 0 Å². The van der Waals surface area contributed by atoms with Gasteiger partial charge in [-0.2, -0.15) is 0 Å². The van der Waals surface area contributed by atoms with Crippen LogP contribution in [0.4, 0.5) is 5.69 Å². The lowest BCUT2D eigenvalue weighted by molar-refractivity contribution is 0.0708. The Morgan fingerprint density at radius 1 is 0.967 bits per heavy atom. The first-order valence-electron chi connectivity index (χ1n) is 10.3. The van der Waals surface area contributed by atoms with Crippen LogP contribution < -0.4 is 4.90 Å². The standard InChI is InChI=1S/C23H24N4O3/c1-22(2)10-16-11-23(3,12-22)13-26(16)19(28)14-4-6-15(7-5-14)27-20(29)17-18(21(27)30)25-9-8-24-17/h4-9,16H,10-13H2,1-3H3/t16-,23+/m0/s1. The molecule has 0 radical (unpaired) electrons. The second kappa shape index (κ2) is 6.20. The minimum atomic E-state index is -0.495. The highest BCUT2D eigenvalue weighted by Gasteiger charge is 2.51. The summed E-state index contributed by atoms with van der Waals surface area (Å²) in [7, 11) is 0. The van der Waals surface area contributed by atoms with Gasteiger partial charge < -0.3 is 4.90 Å². The number of aromatic nitrogens is 2. The molecular weight excluding hydrogens is 380 g/mol. The molecule has 1 saturated carbocycles. The van der Waals surface area contributed by atoms with Gasteiger partial charge in [-0.3, -0.25) is 14.4 Å². The minimum absolute atomic E-state index is 0.0127. The molecule has 3 amide bonds. The molecule has 1 aromatic carbocycles. The van der Waals surface area contributed by atoms with E-state index >= 15 is 0 Å². The molecule has 7 nitrogen and oxygen atoms in total. The third kappa shape index (κ3) is 2.83. The van der Waals surface area contributed by atoms with E-state index in [-0.39, 0.29) is 34.2 Å². The number of hydrogen-bond donors (Lipinski definition) is 0. The van der Waals surface area contributed by atoms with Crippen molar-refractivity contribution < 1.29 is 14.4 Å². The number of imide groups is 1. The first-order valence-corrected chi connectivity index (χ1v) is 10.3. The summed E-state index contributed by atoms with van der Waals surface area (Å²) in [6.45, 7) is 7.62. The SMILES string of the molecule is CC1(C)C[C@H]2C[C@@](C)(CN2C(=O)c2ccc(N3C(=O)c4nccnc4C3=O)cc2)C1. The largest absolute Gasteiger partial charge is 0.335 e. The Hall–Kier alpha value is -3.09. The van der Waals surface area contributed by atoms with Crippen molar-refractivity contribution in [1.82, 2.24) is 14.9 Å². The van der Waals surface area contributed by atoms with Crippen LogP contribution in [0.1, 0.15) is 71.4 Å². The van der Waals surface area contributed by atoms with Crippen LogP contribution in [0, 0.1) is 10.8 Å². The number of fused-ring (bicyclic) bond motifs is 3. The maximum absolute atomic E-state index is 13.2. The number of anilines is 1. The van der Waals surface area contributed by atoms with Crippen LogP contribution in [-0.4, -0.2) is 45.2 Å². The van der Waals surface area contributed by atoms with E-state index < -0.39 is 11.8 Å². The Bertz CT molecular complexity index is 1040. The van der Waals surface area contributed by atoms with Crippen LogP contribution >= 0.6 is 0 Å². The smallest absolute Gasteiger partial charge is 0.286 e. The Morgan fingerprint density at radius 2 is 1.57 bits per heavy atom. The monoisotopic (exact) mass is 404 g/mol. The topological polar surface area (TPSA) is 83.5 Å². The van der Waals surface area contributed by atoms with E-state index in [0.717, 1.165) is 30.7 Å². The van der Waals surface area contributed by atoms with Crippen LogP contribution in [0.5, 0.6) is 0 Å². The zero-order valence-electron chi connectivity index (χ0n) is 17.4. The number of benzene rings is 1. The minimum Gasteiger partial charge on any atom is -0.335 e. The van der Waals surface area contributed by atoms with E-state index in [1.165, 1.54) is 12.4 Å². The van der Waals surface area contributed by atoms with E-state index in [1.807, 2.05) is 4.90 Å². The van der Waals surface area contributed by atoms with Gasteiger partial charge in [-0.15, -0.1) is 0 Å². The molecule has 0 unspecified atom stereocenters. The molecule has 2 aliphatic heterocycles. The number of likely N-dealkylation sites (tertiary alicyclic amines) is 1. The highest BCUT2D eigenvalue weighted by molar-refractivity contribution is 6.33. The van der Waals surface area contributed by atoms with Gasteiger partial charge in [0.1, 0.15) is 0 Å². The predicted octanol–water partition coefficient (Wildman–Crippen LogP) is 3.32. The predicted molar refractivity (Wildman–Crippen MR) is 110 cm³/mol. The van der Waals surface area contributed by atoms with Crippen molar-refractivity contribution in [2.45, 2.75) is 46.1 Å². The lowest BCUT2D eigenvalue weighted by Gasteiger charge is -2.39. The van der Waals surface area contributed by atoms with Gasteiger partial charge in [-0.25, -0.2) is 14.9 Å². The number of carbonyl (C=O) groups is 3. The van der Waals surface area contributed by atoms with E-state index in [4.69, 9.17) is 0 Å². The molecule has 1 aliphatic carbocycles. The van der Waals surface area contributed by atoms with Crippen molar-refractivity contribution in [3.63, 3.8) is 0 Å². The normalized spacial score (nSPS) is 26.8. The molecular formula is C23H24N4O3. The van der Waals surface area contributed by atoms with Gasteiger partial charge in [0.05, 0.1) is 5.69 Å². The summed E-state index contributed by atoms with van der Waals surface area (Å²) in [5, 5.41) is 0. The number of hydrogen-bond acceptors (Lipinski definition) is 5. The Kier molecular flexibility index (Phi) is 3.91. The molecule has 7 heteroatoms. The van der Waals surface area contributed by atoms with Gasteiger partial charge in [-0.1, -0.05) is 20.8 Å². The maximum Gasteiger partial charge on any atom is 0.286 e. The summed E-state index contributed by atoms with van der Waals surface area (Å²) in [6, 6.07) is 6.93. The van der Waals surface area contributed by atoms with Crippen LogP contribution in [0.15, 0.2) is 36.7 Å². The first kappa shape index (κ1) is 18.9. The molecule has 1 saturated heterocycles. The third-order valence-electron chi connectivity index (χ3n) is 6.56. The quantitative estimate of drug-likeness (QED) is 0.717. The van der Waals surface area contributed by atoms with Crippen molar-refractivity contribution in [1.29, 1.82) is 0 Å². The van der Waals surface area contributed by atoms with Crippen LogP contribution in [-0.2, 0) is 0 Å². The van der Waals surface area contributed by atoms with Crippen molar-refractivity contribution in [3.8, 4) is 0 Å². The van der Waals surface area contributed by atoms with Crippen LogP contribution in [0.2, 0.25) is 0 Å². The molecule has 0 spiro atoms. The molecule has 2 fully saturated rings. The van der Waals surface area contributed by atoms with Crippen LogP contribution in [0.3, 0.4) is 0 Å². The summed E-state index contributed by atoms with van der Waals surface area (Å²) in [4.78, 5) is 49.4.